The third kappa shape index (κ3) is 24.3. The van der Waals surface area contributed by atoms with Crippen LogP contribution < -0.4 is 0 Å². The fourth-order valence-electron chi connectivity index (χ4n) is 29.4. The molecule has 7 aliphatic carbocycles. The molecule has 7 saturated carbocycles. The summed E-state index contributed by atoms with van der Waals surface area (Å²) in [6.07, 6.45) is 49.1. The van der Waals surface area contributed by atoms with Crippen molar-refractivity contribution in [3.8, 4) is 0 Å². The summed E-state index contributed by atoms with van der Waals surface area (Å²) in [4.78, 5) is 108. The number of hydrogen-bond acceptors (Lipinski definition) is 14. The van der Waals surface area contributed by atoms with Crippen LogP contribution in [-0.2, 0) is 72.3 Å². The van der Waals surface area contributed by atoms with Gasteiger partial charge in [0.1, 0.15) is 38.8 Å². The summed E-state index contributed by atoms with van der Waals surface area (Å²) >= 11 is 0. The van der Waals surface area contributed by atoms with Gasteiger partial charge in [-0.2, -0.15) is 0 Å². The lowest BCUT2D eigenvalue weighted by Crippen LogP contribution is -2.59. The Labute approximate surface area is 863 Å². The molecule has 15 atom stereocenters. The molecule has 7 heterocycles. The summed E-state index contributed by atoms with van der Waals surface area (Å²) in [6, 6.07) is 75.7. The molecule has 7 aliphatic heterocycles. The maximum Gasteiger partial charge on any atom is 0.157 e. The van der Waals surface area contributed by atoms with Gasteiger partial charge in [0.15, 0.2) is 40.5 Å². The number of nitrogens with zero attached hydrogens (tertiary/aromatic N) is 7. The predicted octanol–water partition coefficient (Wildman–Crippen LogP) is 27.8. The van der Waals surface area contributed by atoms with E-state index in [9.17, 15) is 33.6 Å². The molecule has 7 aromatic rings. The number of carbonyl (C=O) groups is 7. The molecule has 14 heteroatoms. The number of Topliss-reactive ketones (excluding diaryl/α,β-unsaturated/α-hetero) is 7. The number of likely N-dealkylation sites (tertiary alicyclic amines) is 7. The number of benzene rings is 7. The van der Waals surface area contributed by atoms with Crippen LogP contribution in [0.5, 0.6) is 0 Å². The predicted molar refractivity (Wildman–Crippen MR) is 585 cm³/mol. The lowest BCUT2D eigenvalue weighted by atomic mass is 9.72. The van der Waals surface area contributed by atoms with Crippen LogP contribution in [0, 0.1) is 29.6 Å². The molecule has 0 bridgehead atoms. The van der Waals surface area contributed by atoms with Crippen molar-refractivity contribution < 1.29 is 33.6 Å². The minimum absolute atomic E-state index is 0.316. The van der Waals surface area contributed by atoms with E-state index < -0.39 is 0 Å². The van der Waals surface area contributed by atoms with Gasteiger partial charge in [-0.25, -0.2) is 0 Å². The largest absolute Gasteiger partial charge is 0.297 e. The van der Waals surface area contributed by atoms with Gasteiger partial charge in [0.2, 0.25) is 0 Å². The van der Waals surface area contributed by atoms with Crippen LogP contribution in [0.2, 0.25) is 0 Å². The van der Waals surface area contributed by atoms with Crippen molar-refractivity contribution in [1.82, 2.24) is 34.3 Å². The molecule has 143 heavy (non-hydrogen) atoms. The molecule has 14 aliphatic rings. The summed E-state index contributed by atoms with van der Waals surface area (Å²) in [5.74, 6) is 6.79. The lowest BCUT2D eigenvalue weighted by molar-refractivity contribution is -0.140. The van der Waals surface area contributed by atoms with Gasteiger partial charge in [-0.1, -0.05) is 311 Å². The minimum atomic E-state index is -0.354. The second-order valence-corrected chi connectivity index (χ2v) is 46.7. The number of carbonyl (C=O) groups excluding carboxylic acids is 7. The van der Waals surface area contributed by atoms with Gasteiger partial charge in [-0.15, -0.1) is 0 Å². The van der Waals surface area contributed by atoms with E-state index in [1.54, 1.807) is 0 Å². The molecule has 0 spiro atoms. The van der Waals surface area contributed by atoms with E-state index in [1.807, 2.05) is 42.5 Å². The van der Waals surface area contributed by atoms with Crippen molar-refractivity contribution >= 4 is 40.5 Å². The SMILES string of the molecule is CC1CCC(C)N(C2(c3ccccc3)CCCCC2=O)C1.CC1CCCCN1C1(c2ccccc2)CCCCC1=O.CC1CCCN(C2(c3ccccc3)CCCCC2=O)C1.CC1CCCN(C2(c3ccccc3)CCCCC2=O)C1C.CC1CCN(C2(c3ccccc3)CCCCC2=O)C(C)C1.CC1CCN(C2(c3ccccc3)CCCCC2=O)CC1.O=C1CCCCC1(c1ccccc1)N1CCCCCC1. The highest BCUT2D eigenvalue weighted by Gasteiger charge is 2.56. The number of rotatable bonds is 14. The summed E-state index contributed by atoms with van der Waals surface area (Å²) in [7, 11) is 0. The Morgan fingerprint density at radius 2 is 0.476 bits per heavy atom. The summed E-state index contributed by atoms with van der Waals surface area (Å²) in [5, 5.41) is 0. The zero-order chi connectivity index (χ0) is 100. The monoisotopic (exact) mass is 1940 g/mol. The van der Waals surface area contributed by atoms with E-state index in [4.69, 9.17) is 0 Å². The molecule has 0 radical (unpaired) electrons. The first kappa shape index (κ1) is 109. The van der Waals surface area contributed by atoms with Gasteiger partial charge in [-0.3, -0.25) is 67.9 Å². The van der Waals surface area contributed by atoms with E-state index in [2.05, 4.69) is 266 Å². The van der Waals surface area contributed by atoms with Crippen molar-refractivity contribution in [2.75, 3.05) is 65.4 Å². The Hall–Kier alpha value is -8.05. The van der Waals surface area contributed by atoms with Gasteiger partial charge in [-0.05, 0) is 328 Å². The summed E-state index contributed by atoms with van der Waals surface area (Å²) in [6.45, 7) is 31.6. The zero-order valence-corrected chi connectivity index (χ0v) is 89.8. The van der Waals surface area contributed by atoms with Crippen LogP contribution in [0.3, 0.4) is 0 Å². The molecule has 0 N–H and O–H groups in total. The van der Waals surface area contributed by atoms with Gasteiger partial charge >= 0.3 is 0 Å². The lowest BCUT2D eigenvalue weighted by Gasteiger charge is -2.52. The second kappa shape index (κ2) is 51.7. The smallest absolute Gasteiger partial charge is 0.157 e. The highest BCUT2D eigenvalue weighted by molar-refractivity contribution is 5.94. The number of ketones is 7. The number of hydrogen-bond donors (Lipinski definition) is 0. The molecular formula is C129H181N7O7. The van der Waals surface area contributed by atoms with E-state index in [-0.39, 0.29) is 38.8 Å². The van der Waals surface area contributed by atoms with Crippen molar-refractivity contribution in [1.29, 1.82) is 0 Å². The Kier molecular flexibility index (Phi) is 39.5. The Morgan fingerprint density at radius 3 is 0.825 bits per heavy atom. The maximum atomic E-state index is 13.0. The molecule has 0 aromatic heterocycles. The molecule has 7 aromatic carbocycles. The first-order valence-electron chi connectivity index (χ1n) is 57.9. The molecule has 14 nitrogen and oxygen atoms in total. The first-order chi connectivity index (χ1) is 69.5. The highest BCUT2D eigenvalue weighted by atomic mass is 16.2. The molecule has 15 unspecified atom stereocenters. The quantitative estimate of drug-likeness (QED) is 0.102. The molecule has 7 saturated heterocycles. The summed E-state index contributed by atoms with van der Waals surface area (Å²) < 4.78 is 0. The van der Waals surface area contributed by atoms with Crippen LogP contribution in [0.25, 0.3) is 0 Å². The maximum absolute atomic E-state index is 13.0. The third-order valence-corrected chi connectivity index (χ3v) is 37.4. The number of piperidine rings is 6. The van der Waals surface area contributed by atoms with Crippen molar-refractivity contribution in [3.05, 3.63) is 251 Å². The van der Waals surface area contributed by atoms with Crippen molar-refractivity contribution in [2.45, 2.75) is 414 Å². The molecule has 21 rings (SSSR count). The minimum Gasteiger partial charge on any atom is -0.297 e. The highest BCUT2D eigenvalue weighted by Crippen LogP contribution is 2.52. The van der Waals surface area contributed by atoms with Crippen LogP contribution >= 0.6 is 0 Å². The third-order valence-electron chi connectivity index (χ3n) is 37.4. The van der Waals surface area contributed by atoms with Crippen LogP contribution in [-0.4, -0.2) is 164 Å². The normalized spacial score (nSPS) is 32.6. The van der Waals surface area contributed by atoms with Crippen molar-refractivity contribution in [2.24, 2.45) is 29.6 Å². The van der Waals surface area contributed by atoms with Gasteiger partial charge in [0, 0.05) is 82.2 Å². The molecular weight excluding hydrogens is 1760 g/mol. The van der Waals surface area contributed by atoms with Crippen molar-refractivity contribution in [3.63, 3.8) is 0 Å². The second-order valence-electron chi connectivity index (χ2n) is 46.7. The Bertz CT molecular complexity index is 4990. The van der Waals surface area contributed by atoms with E-state index in [0.29, 0.717) is 82.4 Å². The van der Waals surface area contributed by atoms with E-state index in [0.717, 1.165) is 225 Å². The van der Waals surface area contributed by atoms with Crippen LogP contribution in [0.4, 0.5) is 0 Å². The molecule has 14 fully saturated rings. The fourth-order valence-corrected chi connectivity index (χ4v) is 29.4. The average Bonchev–Trinajstić information content (AvgIpc) is 1.81. The van der Waals surface area contributed by atoms with Gasteiger partial charge in [0.25, 0.3) is 0 Å². The van der Waals surface area contributed by atoms with Crippen LogP contribution in [0.15, 0.2) is 212 Å². The van der Waals surface area contributed by atoms with Crippen LogP contribution in [0.1, 0.15) is 390 Å². The zero-order valence-electron chi connectivity index (χ0n) is 89.8. The molecule has 774 valence electrons. The molecule has 0 amide bonds. The fraction of sp³-hybridized carbons (Fsp3) is 0.620. The average molecular weight is 1940 g/mol. The summed E-state index contributed by atoms with van der Waals surface area (Å²) in [5.41, 5.74) is 6.20. The topological polar surface area (TPSA) is 142 Å². The first-order valence-corrected chi connectivity index (χ1v) is 57.9. The standard InChI is InChI=1S/3C19H27NO.4C18H25NO/c1-15-9-8-14-20(16(15)2)19(13-7-6-12-18(19)21)17-10-4-3-5-11-17;1-15-11-12-16(2)20(14-15)19(13-7-6-10-18(19)21)17-8-4-3-5-9-17;1-15-11-13-20(16(2)14-15)19(12-7-6-10-18(19)21)17-8-4-3-5-9-17;1-15-9-6-8-14-19(15)18(13-7-5-12-17(18)20)16-10-3-2-4-11-16;1-15-8-7-13-19(14-15)18(12-6-5-11-17(18)20)16-9-3-2-4-10-16;1-15-10-13-19(14-11-15)18(12-6-5-9-17(18)20)16-7-3-2-4-8-16;20-17-12-6-7-13-18(17,16-10-4-3-5-11-16)19-14-8-1-2-9-15-19/h3-5,10-11,15-16H,6-9,12-14H2,1-2H3;2*3-5,8-9,15-16H,6-7,10-14H2,1-2H3;2-4,10-11,15H,5-9,12-14H2,1H3;2-4,9-10,15H,5-8,11-14H2,1H3;2-4,7-8,15H,5-6,9-14H2,1H3;3-5,10-11H,1-2,6-9,12-15H2. The van der Waals surface area contributed by atoms with Gasteiger partial charge in [0.05, 0.1) is 0 Å². The van der Waals surface area contributed by atoms with Gasteiger partial charge < -0.3 is 0 Å². The van der Waals surface area contributed by atoms with E-state index in [1.165, 1.54) is 180 Å². The van der Waals surface area contributed by atoms with E-state index >= 15 is 0 Å². The Morgan fingerprint density at radius 1 is 0.196 bits per heavy atom. The Balaban J connectivity index is 0.000000126.